The normalized spacial score (nSPS) is 10.8. The molecule has 0 radical (unpaired) electrons. The average Bonchev–Trinajstić information content (AvgIpc) is 2.66. The molecule has 0 unspecified atom stereocenters. The van der Waals surface area contributed by atoms with Gasteiger partial charge in [-0.1, -0.05) is 12.1 Å². The van der Waals surface area contributed by atoms with Crippen molar-refractivity contribution in [2.45, 2.75) is 26.4 Å². The Morgan fingerprint density at radius 2 is 1.78 bits per heavy atom. The fraction of sp³-hybridized carbons (Fsp3) is 0.368. The van der Waals surface area contributed by atoms with Crippen LogP contribution in [0.25, 0.3) is 0 Å². The fourth-order valence-electron chi connectivity index (χ4n) is 2.25. The predicted molar refractivity (Wildman–Crippen MR) is 118 cm³/mol. The van der Waals surface area contributed by atoms with Crippen LogP contribution in [0, 0.1) is 0 Å². The number of ether oxygens (including phenoxy) is 3. The smallest absolute Gasteiger partial charge is 0.219 e. The Morgan fingerprint density at radius 3 is 2.26 bits per heavy atom. The molecule has 0 bridgehead atoms. The van der Waals surface area contributed by atoms with Gasteiger partial charge in [0.05, 0.1) is 14.2 Å². The molecular formula is C19H27IN4O3. The lowest BCUT2D eigenvalue weighted by Crippen LogP contribution is -2.40. The summed E-state index contributed by atoms with van der Waals surface area (Å²) >= 11 is 0. The van der Waals surface area contributed by atoms with Crippen LogP contribution in [-0.4, -0.2) is 38.3 Å². The second kappa shape index (κ2) is 11.5. The molecule has 0 spiro atoms. The van der Waals surface area contributed by atoms with Gasteiger partial charge in [-0.25, -0.2) is 4.98 Å². The van der Waals surface area contributed by atoms with Gasteiger partial charge in [-0.15, -0.1) is 24.0 Å². The molecule has 8 heteroatoms. The summed E-state index contributed by atoms with van der Waals surface area (Å²) in [4.78, 5) is 8.53. The minimum Gasteiger partial charge on any atom is -0.493 e. The number of hydrogen-bond acceptors (Lipinski definition) is 5. The Kier molecular flexibility index (Phi) is 9.70. The van der Waals surface area contributed by atoms with Crippen LogP contribution in [-0.2, 0) is 6.54 Å². The summed E-state index contributed by atoms with van der Waals surface area (Å²) < 4.78 is 16.5. The van der Waals surface area contributed by atoms with Gasteiger partial charge in [-0.05, 0) is 31.5 Å². The van der Waals surface area contributed by atoms with Crippen molar-refractivity contribution in [1.82, 2.24) is 15.6 Å². The number of pyridine rings is 1. The molecule has 0 aliphatic rings. The van der Waals surface area contributed by atoms with Crippen molar-refractivity contribution >= 4 is 29.9 Å². The van der Waals surface area contributed by atoms with Crippen molar-refractivity contribution in [3.63, 3.8) is 0 Å². The van der Waals surface area contributed by atoms with E-state index in [1.54, 1.807) is 27.5 Å². The van der Waals surface area contributed by atoms with Crippen molar-refractivity contribution in [1.29, 1.82) is 0 Å². The van der Waals surface area contributed by atoms with Gasteiger partial charge in [-0.2, -0.15) is 0 Å². The summed E-state index contributed by atoms with van der Waals surface area (Å²) in [6, 6.07) is 9.52. The highest BCUT2D eigenvalue weighted by atomic mass is 127. The topological polar surface area (TPSA) is 77.0 Å². The molecule has 0 fully saturated rings. The third kappa shape index (κ3) is 6.78. The van der Waals surface area contributed by atoms with E-state index < -0.39 is 0 Å². The van der Waals surface area contributed by atoms with E-state index in [1.165, 1.54) is 0 Å². The number of aromatic nitrogens is 1. The van der Waals surface area contributed by atoms with Crippen LogP contribution in [0.15, 0.2) is 41.5 Å². The van der Waals surface area contributed by atoms with Crippen molar-refractivity contribution < 1.29 is 14.2 Å². The molecule has 0 aliphatic carbocycles. The van der Waals surface area contributed by atoms with E-state index in [-0.39, 0.29) is 24.0 Å². The molecular weight excluding hydrogens is 459 g/mol. The number of para-hydroxylation sites is 1. The summed E-state index contributed by atoms with van der Waals surface area (Å²) in [5, 5.41) is 6.48. The van der Waals surface area contributed by atoms with Gasteiger partial charge in [0.2, 0.25) is 11.6 Å². The molecule has 7 nitrogen and oxygen atoms in total. The number of rotatable bonds is 7. The Balaban J connectivity index is 0.00000364. The molecule has 27 heavy (non-hydrogen) atoms. The standard InChI is InChI=1S/C19H26N4O3.HI/c1-13(2)23-19(20-3)22-12-14-9-10-17(21-11-14)26-18-15(24-4)7-6-8-16(18)25-5;/h6-11,13H,12H2,1-5H3,(H2,20,22,23);1H. The highest BCUT2D eigenvalue weighted by Crippen LogP contribution is 2.39. The highest BCUT2D eigenvalue weighted by molar-refractivity contribution is 14.0. The van der Waals surface area contributed by atoms with Crippen LogP contribution in [0.3, 0.4) is 0 Å². The van der Waals surface area contributed by atoms with E-state index >= 15 is 0 Å². The average molecular weight is 486 g/mol. The van der Waals surface area contributed by atoms with E-state index in [2.05, 4.69) is 34.5 Å². The monoisotopic (exact) mass is 486 g/mol. The highest BCUT2D eigenvalue weighted by Gasteiger charge is 2.13. The lowest BCUT2D eigenvalue weighted by atomic mass is 10.3. The van der Waals surface area contributed by atoms with E-state index in [9.17, 15) is 0 Å². The molecule has 0 atom stereocenters. The lowest BCUT2D eigenvalue weighted by Gasteiger charge is -2.15. The third-order valence-corrected chi connectivity index (χ3v) is 3.50. The zero-order chi connectivity index (χ0) is 18.9. The molecule has 0 amide bonds. The van der Waals surface area contributed by atoms with Gasteiger partial charge < -0.3 is 24.8 Å². The van der Waals surface area contributed by atoms with Gasteiger partial charge >= 0.3 is 0 Å². The second-order valence-electron chi connectivity index (χ2n) is 5.82. The van der Waals surface area contributed by atoms with Crippen LogP contribution >= 0.6 is 24.0 Å². The summed E-state index contributed by atoms with van der Waals surface area (Å²) in [5.74, 6) is 2.87. The summed E-state index contributed by atoms with van der Waals surface area (Å²) in [5.41, 5.74) is 1.01. The van der Waals surface area contributed by atoms with Crippen LogP contribution in [0.1, 0.15) is 19.4 Å². The van der Waals surface area contributed by atoms with E-state index in [0.717, 1.165) is 11.5 Å². The Labute approximate surface area is 177 Å². The predicted octanol–water partition coefficient (Wildman–Crippen LogP) is 3.58. The molecule has 1 heterocycles. The molecule has 2 N–H and O–H groups in total. The first-order valence-corrected chi connectivity index (χ1v) is 8.38. The van der Waals surface area contributed by atoms with Crippen LogP contribution in [0.4, 0.5) is 0 Å². The Bertz CT molecular complexity index is 714. The van der Waals surface area contributed by atoms with Crippen LogP contribution in [0.2, 0.25) is 0 Å². The summed E-state index contributed by atoms with van der Waals surface area (Å²) in [6.07, 6.45) is 1.76. The van der Waals surface area contributed by atoms with Gasteiger partial charge in [0.15, 0.2) is 17.5 Å². The molecule has 0 saturated heterocycles. The van der Waals surface area contributed by atoms with Crippen molar-refractivity contribution in [3.8, 4) is 23.1 Å². The number of hydrogen-bond donors (Lipinski definition) is 2. The first kappa shape index (κ1) is 22.8. The zero-order valence-electron chi connectivity index (χ0n) is 16.3. The maximum Gasteiger partial charge on any atom is 0.219 e. The van der Waals surface area contributed by atoms with Gasteiger partial charge in [0.25, 0.3) is 0 Å². The fourth-order valence-corrected chi connectivity index (χ4v) is 2.25. The maximum atomic E-state index is 5.86. The van der Waals surface area contributed by atoms with E-state index in [4.69, 9.17) is 14.2 Å². The zero-order valence-corrected chi connectivity index (χ0v) is 18.6. The number of guanidine groups is 1. The van der Waals surface area contributed by atoms with Gasteiger partial charge in [0.1, 0.15) is 0 Å². The van der Waals surface area contributed by atoms with Gasteiger partial charge in [0, 0.05) is 31.9 Å². The molecule has 1 aromatic carbocycles. The van der Waals surface area contributed by atoms with E-state index in [1.807, 2.05) is 30.3 Å². The Morgan fingerprint density at radius 1 is 1.11 bits per heavy atom. The maximum absolute atomic E-state index is 5.86. The lowest BCUT2D eigenvalue weighted by molar-refractivity contribution is 0.342. The number of benzene rings is 1. The molecule has 148 valence electrons. The first-order chi connectivity index (χ1) is 12.6. The number of halogens is 1. The van der Waals surface area contributed by atoms with Crippen LogP contribution in [0.5, 0.6) is 23.1 Å². The quantitative estimate of drug-likeness (QED) is 0.354. The minimum absolute atomic E-state index is 0. The number of aliphatic imine (C=N–C) groups is 1. The largest absolute Gasteiger partial charge is 0.493 e. The van der Waals surface area contributed by atoms with E-state index in [0.29, 0.717) is 35.7 Å². The Hall–Kier alpha value is -2.23. The van der Waals surface area contributed by atoms with Crippen molar-refractivity contribution in [2.75, 3.05) is 21.3 Å². The van der Waals surface area contributed by atoms with Crippen molar-refractivity contribution in [2.24, 2.45) is 4.99 Å². The van der Waals surface area contributed by atoms with Crippen LogP contribution < -0.4 is 24.8 Å². The molecule has 1 aromatic heterocycles. The van der Waals surface area contributed by atoms with Crippen molar-refractivity contribution in [3.05, 3.63) is 42.1 Å². The molecule has 2 rings (SSSR count). The number of methoxy groups -OCH3 is 2. The summed E-state index contributed by atoms with van der Waals surface area (Å²) in [7, 11) is 4.91. The number of nitrogens with zero attached hydrogens (tertiary/aromatic N) is 2. The van der Waals surface area contributed by atoms with Gasteiger partial charge in [-0.3, -0.25) is 4.99 Å². The molecule has 0 saturated carbocycles. The first-order valence-electron chi connectivity index (χ1n) is 8.38. The number of nitrogens with one attached hydrogen (secondary N) is 2. The molecule has 2 aromatic rings. The SMILES string of the molecule is CN=C(NCc1ccc(Oc2c(OC)cccc2OC)nc1)NC(C)C.I. The second-order valence-corrected chi connectivity index (χ2v) is 5.82. The third-order valence-electron chi connectivity index (χ3n) is 3.50. The minimum atomic E-state index is 0. The summed E-state index contributed by atoms with van der Waals surface area (Å²) in [6.45, 7) is 4.73. The molecule has 0 aliphatic heterocycles.